The summed E-state index contributed by atoms with van der Waals surface area (Å²) in [5.41, 5.74) is 13.8. The molecule has 5 aromatic rings. The topological polar surface area (TPSA) is 168 Å². The van der Waals surface area contributed by atoms with Gasteiger partial charge in [0.25, 0.3) is 5.91 Å². The van der Waals surface area contributed by atoms with E-state index >= 15 is 0 Å². The van der Waals surface area contributed by atoms with Crippen LogP contribution in [0.4, 0.5) is 14.5 Å². The zero-order valence-electron chi connectivity index (χ0n) is 30.1. The van der Waals surface area contributed by atoms with Gasteiger partial charge in [-0.05, 0) is 78.1 Å². The summed E-state index contributed by atoms with van der Waals surface area (Å²) in [5, 5.41) is 26.4. The van der Waals surface area contributed by atoms with Crippen LogP contribution in [0.25, 0.3) is 22.5 Å². The zero-order valence-corrected chi connectivity index (χ0v) is 30.1. The van der Waals surface area contributed by atoms with Crippen LogP contribution in [0.3, 0.4) is 0 Å². The van der Waals surface area contributed by atoms with Crippen LogP contribution in [0.2, 0.25) is 0 Å². The SMILES string of the molecule is Nc1c(C2(c3ncccn3)CC2)ccc2c1Cc1ccccc1-2.O=C(N[C@H]1CCN([C@H]2CCCC[C@H]2O)C[C@@H]1C(=O)O)c1cc(-c2ccc(F)cc2F)on1. The third-order valence-electron chi connectivity index (χ3n) is 11.7. The Labute approximate surface area is 316 Å². The maximum Gasteiger partial charge on any atom is 0.309 e. The number of nitrogen functional groups attached to an aromatic ring is 1. The Morgan fingerprint density at radius 2 is 1.69 bits per heavy atom. The molecule has 4 atom stereocenters. The fourth-order valence-corrected chi connectivity index (χ4v) is 8.60. The third-order valence-corrected chi connectivity index (χ3v) is 11.7. The molecule has 11 nitrogen and oxygen atoms in total. The van der Waals surface area contributed by atoms with Crippen LogP contribution in [-0.2, 0) is 16.6 Å². The number of fused-ring (bicyclic) bond motifs is 3. The number of hydrogen-bond acceptors (Lipinski definition) is 9. The van der Waals surface area contributed by atoms with E-state index in [1.807, 2.05) is 23.4 Å². The standard InChI is InChI=1S/C22H25F2N3O5.C20H17N3/c23-12-5-6-13(15(24)9-12)20-10-17(26-32-20)21(29)25-16-7-8-27(11-14(16)22(30)31)18-3-1-2-4-19(18)28;21-18-16-12-13-4-1-2-5-14(13)15(16)6-7-17(18)20(8-9-20)19-22-10-3-11-23-19/h5-6,9-10,14,16,18-19,28H,1-4,7-8,11H2,(H,25,29)(H,30,31);1-7,10-11H,8-9,12,21H2/t14-,16-,18-,19+;/m0./s1. The first kappa shape index (κ1) is 36.4. The van der Waals surface area contributed by atoms with Crippen molar-refractivity contribution in [3.05, 3.63) is 119 Å². The molecule has 3 aromatic carbocycles. The zero-order chi connectivity index (χ0) is 38.3. The van der Waals surface area contributed by atoms with Crippen LogP contribution in [0.1, 0.15) is 77.9 Å². The van der Waals surface area contributed by atoms with E-state index < -0.39 is 41.6 Å². The molecular weight excluding hydrogens is 706 g/mol. The lowest BCUT2D eigenvalue weighted by atomic mass is 9.86. The lowest BCUT2D eigenvalue weighted by molar-refractivity contribution is -0.145. The van der Waals surface area contributed by atoms with Gasteiger partial charge in [0.15, 0.2) is 11.5 Å². The number of likely N-dealkylation sites (tertiary alicyclic amines) is 1. The van der Waals surface area contributed by atoms with Crippen molar-refractivity contribution < 1.29 is 33.1 Å². The molecule has 1 aliphatic heterocycles. The molecule has 3 aliphatic carbocycles. The van der Waals surface area contributed by atoms with E-state index in [2.05, 4.69) is 56.8 Å². The smallest absolute Gasteiger partial charge is 0.309 e. The Bertz CT molecular complexity index is 2230. The Balaban J connectivity index is 0.000000163. The van der Waals surface area contributed by atoms with Crippen LogP contribution in [0.15, 0.2) is 83.6 Å². The van der Waals surface area contributed by atoms with E-state index in [9.17, 15) is 28.6 Å². The van der Waals surface area contributed by atoms with E-state index in [1.54, 1.807) is 0 Å². The van der Waals surface area contributed by atoms with Crippen molar-refractivity contribution in [2.45, 2.75) is 75.0 Å². The van der Waals surface area contributed by atoms with Gasteiger partial charge in [0.2, 0.25) is 0 Å². The van der Waals surface area contributed by atoms with Gasteiger partial charge in [0.05, 0.1) is 23.0 Å². The first-order valence-corrected chi connectivity index (χ1v) is 18.8. The molecule has 0 spiro atoms. The number of carboxylic acids is 1. The number of nitrogens with zero attached hydrogens (tertiary/aromatic N) is 4. The summed E-state index contributed by atoms with van der Waals surface area (Å²) >= 11 is 0. The number of carbonyl (C=O) groups excluding carboxylic acids is 1. The molecule has 4 aliphatic rings. The lowest BCUT2D eigenvalue weighted by Crippen LogP contribution is -2.58. The number of anilines is 1. The maximum absolute atomic E-state index is 14.0. The van der Waals surface area contributed by atoms with Gasteiger partial charge in [-0.25, -0.2) is 18.7 Å². The fourth-order valence-electron chi connectivity index (χ4n) is 8.60. The van der Waals surface area contributed by atoms with E-state index in [1.165, 1.54) is 39.9 Å². The number of carbonyl (C=O) groups is 2. The Kier molecular flexibility index (Phi) is 9.91. The number of rotatable bonds is 7. The minimum atomic E-state index is -1.03. The molecule has 0 radical (unpaired) electrons. The number of nitrogens with one attached hydrogen (secondary N) is 1. The van der Waals surface area contributed by atoms with Crippen molar-refractivity contribution in [3.63, 3.8) is 0 Å². The molecule has 1 amide bonds. The predicted molar refractivity (Wildman–Crippen MR) is 200 cm³/mol. The minimum Gasteiger partial charge on any atom is -0.481 e. The van der Waals surface area contributed by atoms with Crippen LogP contribution in [0, 0.1) is 17.6 Å². The lowest BCUT2D eigenvalue weighted by Gasteiger charge is -2.43. The minimum absolute atomic E-state index is 0.0384. The largest absolute Gasteiger partial charge is 0.481 e. The average molecular weight is 749 g/mol. The van der Waals surface area contributed by atoms with Gasteiger partial charge < -0.3 is 25.8 Å². The van der Waals surface area contributed by atoms with Gasteiger partial charge in [-0.15, -0.1) is 0 Å². The Morgan fingerprint density at radius 1 is 0.927 bits per heavy atom. The van der Waals surface area contributed by atoms with Gasteiger partial charge in [-0.2, -0.15) is 0 Å². The van der Waals surface area contributed by atoms with Crippen LogP contribution < -0.4 is 11.1 Å². The number of aliphatic carboxylic acids is 1. The van der Waals surface area contributed by atoms with Gasteiger partial charge in [0.1, 0.15) is 17.5 Å². The van der Waals surface area contributed by atoms with Crippen LogP contribution in [-0.4, -0.2) is 73.4 Å². The molecule has 0 bridgehead atoms. The number of piperidine rings is 1. The number of aromatic nitrogens is 3. The molecule has 2 aromatic heterocycles. The summed E-state index contributed by atoms with van der Waals surface area (Å²) in [6.45, 7) is 0.786. The van der Waals surface area contributed by atoms with Crippen molar-refractivity contribution >= 4 is 17.6 Å². The Hall–Kier alpha value is -5.53. The second-order valence-electron chi connectivity index (χ2n) is 15.0. The molecule has 5 N–H and O–H groups in total. The van der Waals surface area contributed by atoms with Gasteiger partial charge in [0, 0.05) is 61.8 Å². The highest BCUT2D eigenvalue weighted by atomic mass is 19.1. The first-order chi connectivity index (χ1) is 26.6. The van der Waals surface area contributed by atoms with Crippen LogP contribution >= 0.6 is 0 Å². The summed E-state index contributed by atoms with van der Waals surface area (Å²) in [5.74, 6) is -3.23. The van der Waals surface area contributed by atoms with Crippen LogP contribution in [0.5, 0.6) is 0 Å². The summed E-state index contributed by atoms with van der Waals surface area (Å²) < 4.78 is 32.1. The Morgan fingerprint density at radius 3 is 2.44 bits per heavy atom. The van der Waals surface area contributed by atoms with Crippen molar-refractivity contribution in [1.29, 1.82) is 0 Å². The first-order valence-electron chi connectivity index (χ1n) is 18.8. The van der Waals surface area contributed by atoms with E-state index in [0.29, 0.717) is 25.5 Å². The molecule has 9 rings (SSSR count). The second-order valence-corrected chi connectivity index (χ2v) is 15.0. The molecule has 0 unspecified atom stereocenters. The second kappa shape index (κ2) is 15.0. The normalized spacial score (nSPS) is 22.5. The summed E-state index contributed by atoms with van der Waals surface area (Å²) in [6, 6.07) is 18.4. The average Bonchev–Trinajstić information content (AvgIpc) is 3.67. The van der Waals surface area contributed by atoms with Crippen molar-refractivity contribution in [1.82, 2.24) is 25.3 Å². The van der Waals surface area contributed by atoms with Gasteiger partial charge in [-0.3, -0.25) is 14.5 Å². The predicted octanol–water partition coefficient (Wildman–Crippen LogP) is 6.14. The summed E-state index contributed by atoms with van der Waals surface area (Å²) in [4.78, 5) is 35.6. The highest BCUT2D eigenvalue weighted by Crippen LogP contribution is 2.55. The molecule has 1 saturated heterocycles. The monoisotopic (exact) mass is 748 g/mol. The maximum atomic E-state index is 14.0. The van der Waals surface area contributed by atoms with E-state index in [0.717, 1.165) is 56.1 Å². The number of amides is 1. The number of nitrogens with two attached hydrogens (primary N) is 1. The highest BCUT2D eigenvalue weighted by Gasteiger charge is 2.50. The molecule has 13 heteroatoms. The summed E-state index contributed by atoms with van der Waals surface area (Å²) in [6.07, 6.45) is 10.2. The third kappa shape index (κ3) is 7.09. The van der Waals surface area contributed by atoms with Crippen molar-refractivity contribution in [2.24, 2.45) is 5.92 Å². The molecule has 3 fully saturated rings. The van der Waals surface area contributed by atoms with Gasteiger partial charge >= 0.3 is 5.97 Å². The molecule has 284 valence electrons. The molecule has 2 saturated carbocycles. The number of hydrogen-bond donors (Lipinski definition) is 4. The van der Waals surface area contributed by atoms with Gasteiger partial charge in [-0.1, -0.05) is 54.4 Å². The molecule has 3 heterocycles. The number of benzene rings is 3. The quantitative estimate of drug-likeness (QED) is 0.139. The fraction of sp³-hybridized carbons (Fsp3) is 0.357. The molecule has 55 heavy (non-hydrogen) atoms. The summed E-state index contributed by atoms with van der Waals surface area (Å²) in [7, 11) is 0. The number of aliphatic hydroxyl groups excluding tert-OH is 1. The van der Waals surface area contributed by atoms with Crippen molar-refractivity contribution in [2.75, 3.05) is 18.8 Å². The molecular formula is C42H42F2N6O5. The number of aliphatic hydroxyl groups is 1. The number of halogens is 2. The highest BCUT2D eigenvalue weighted by molar-refractivity contribution is 5.93. The van der Waals surface area contributed by atoms with Crippen molar-refractivity contribution in [3.8, 4) is 22.5 Å². The van der Waals surface area contributed by atoms with E-state index in [4.69, 9.17) is 10.3 Å². The number of carboxylic acid groups (broad SMARTS) is 1. The van der Waals surface area contributed by atoms with E-state index in [-0.39, 0.29) is 35.0 Å².